The molecule has 0 aromatic carbocycles. The van der Waals surface area contributed by atoms with Crippen molar-refractivity contribution in [2.24, 2.45) is 0 Å². The van der Waals surface area contributed by atoms with Gasteiger partial charge in [0.05, 0.1) is 17.6 Å². The Balaban J connectivity index is 2.05. The summed E-state index contributed by atoms with van der Waals surface area (Å²) in [4.78, 5) is 4.22. The minimum atomic E-state index is 0.714. The van der Waals surface area contributed by atoms with Crippen molar-refractivity contribution in [3.05, 3.63) is 41.0 Å². The third kappa shape index (κ3) is 2.21. The second kappa shape index (κ2) is 4.35. The van der Waals surface area contributed by atoms with Crippen LogP contribution < -0.4 is 5.32 Å². The van der Waals surface area contributed by atoms with Crippen molar-refractivity contribution >= 4 is 5.69 Å². The first-order valence-corrected chi connectivity index (χ1v) is 5.25. The molecule has 0 amide bonds. The second-order valence-electron chi connectivity index (χ2n) is 3.84. The quantitative estimate of drug-likeness (QED) is 0.858. The maximum Gasteiger partial charge on any atom is 0.138 e. The number of nitrogens with zero attached hydrogens (tertiary/aromatic N) is 2. The smallest absolute Gasteiger partial charge is 0.138 e. The summed E-state index contributed by atoms with van der Waals surface area (Å²) in [6.45, 7) is 6.55. The first-order valence-electron chi connectivity index (χ1n) is 5.25. The molecule has 0 aliphatic rings. The predicted molar refractivity (Wildman–Crippen MR) is 62.3 cm³/mol. The van der Waals surface area contributed by atoms with E-state index >= 15 is 0 Å². The zero-order valence-electron chi connectivity index (χ0n) is 9.74. The Morgan fingerprint density at radius 3 is 2.62 bits per heavy atom. The van der Waals surface area contributed by atoms with Crippen molar-refractivity contribution in [2.75, 3.05) is 5.32 Å². The van der Waals surface area contributed by atoms with Gasteiger partial charge in [0.15, 0.2) is 0 Å². The van der Waals surface area contributed by atoms with Crippen LogP contribution in [0, 0.1) is 20.8 Å². The maximum absolute atomic E-state index is 5.10. The van der Waals surface area contributed by atoms with Crippen LogP contribution in [-0.2, 0) is 6.54 Å². The SMILES string of the molecule is Cc1ccc(NCc2c(C)noc2C)cn1. The Hall–Kier alpha value is -1.84. The van der Waals surface area contributed by atoms with Crippen molar-refractivity contribution in [1.29, 1.82) is 0 Å². The van der Waals surface area contributed by atoms with Crippen molar-refractivity contribution in [3.63, 3.8) is 0 Å². The van der Waals surface area contributed by atoms with Gasteiger partial charge in [0, 0.05) is 17.8 Å². The van der Waals surface area contributed by atoms with Crippen LogP contribution in [0.25, 0.3) is 0 Å². The summed E-state index contributed by atoms with van der Waals surface area (Å²) >= 11 is 0. The van der Waals surface area contributed by atoms with E-state index in [1.54, 1.807) is 0 Å². The third-order valence-corrected chi connectivity index (χ3v) is 2.56. The Morgan fingerprint density at radius 1 is 1.25 bits per heavy atom. The monoisotopic (exact) mass is 217 g/mol. The summed E-state index contributed by atoms with van der Waals surface area (Å²) in [5.74, 6) is 0.866. The summed E-state index contributed by atoms with van der Waals surface area (Å²) in [5.41, 5.74) is 4.07. The van der Waals surface area contributed by atoms with Gasteiger partial charge in [-0.15, -0.1) is 0 Å². The lowest BCUT2D eigenvalue weighted by atomic mass is 10.2. The normalized spacial score (nSPS) is 10.4. The van der Waals surface area contributed by atoms with Crippen molar-refractivity contribution in [2.45, 2.75) is 27.3 Å². The fourth-order valence-electron chi connectivity index (χ4n) is 1.52. The molecule has 0 radical (unpaired) electrons. The van der Waals surface area contributed by atoms with Gasteiger partial charge in [-0.05, 0) is 32.9 Å². The van der Waals surface area contributed by atoms with Crippen LogP contribution in [0.3, 0.4) is 0 Å². The average molecular weight is 217 g/mol. The van der Waals surface area contributed by atoms with E-state index in [0.717, 1.165) is 28.4 Å². The molecule has 0 saturated carbocycles. The highest BCUT2D eigenvalue weighted by Crippen LogP contribution is 2.14. The van der Waals surface area contributed by atoms with Crippen molar-refractivity contribution in [1.82, 2.24) is 10.1 Å². The lowest BCUT2D eigenvalue weighted by Crippen LogP contribution is -2.01. The molecule has 4 heteroatoms. The van der Waals surface area contributed by atoms with Gasteiger partial charge in [0.2, 0.25) is 0 Å². The number of aryl methyl sites for hydroxylation is 3. The zero-order chi connectivity index (χ0) is 11.5. The van der Waals surface area contributed by atoms with E-state index in [0.29, 0.717) is 6.54 Å². The van der Waals surface area contributed by atoms with E-state index in [-0.39, 0.29) is 0 Å². The first-order chi connectivity index (χ1) is 7.66. The van der Waals surface area contributed by atoms with Gasteiger partial charge in [-0.2, -0.15) is 0 Å². The molecular formula is C12H15N3O. The Labute approximate surface area is 94.7 Å². The van der Waals surface area contributed by atoms with Gasteiger partial charge >= 0.3 is 0 Å². The lowest BCUT2D eigenvalue weighted by molar-refractivity contribution is 0.392. The van der Waals surface area contributed by atoms with Crippen LogP contribution in [0.1, 0.15) is 22.7 Å². The van der Waals surface area contributed by atoms with Gasteiger partial charge in [0.25, 0.3) is 0 Å². The molecule has 16 heavy (non-hydrogen) atoms. The molecule has 0 saturated heterocycles. The van der Waals surface area contributed by atoms with Crippen LogP contribution in [0.5, 0.6) is 0 Å². The molecule has 0 aliphatic heterocycles. The van der Waals surface area contributed by atoms with Crippen molar-refractivity contribution in [3.8, 4) is 0 Å². The van der Waals surface area contributed by atoms with Crippen LogP contribution in [-0.4, -0.2) is 10.1 Å². The zero-order valence-corrected chi connectivity index (χ0v) is 9.74. The number of rotatable bonds is 3. The third-order valence-electron chi connectivity index (χ3n) is 2.56. The minimum Gasteiger partial charge on any atom is -0.380 e. The molecule has 0 aliphatic carbocycles. The summed E-state index contributed by atoms with van der Waals surface area (Å²) in [7, 11) is 0. The summed E-state index contributed by atoms with van der Waals surface area (Å²) in [5, 5.41) is 7.21. The van der Waals surface area contributed by atoms with Crippen molar-refractivity contribution < 1.29 is 4.52 Å². The first kappa shape index (κ1) is 10.7. The van der Waals surface area contributed by atoms with E-state index in [9.17, 15) is 0 Å². The second-order valence-corrected chi connectivity index (χ2v) is 3.84. The van der Waals surface area contributed by atoms with Crippen LogP contribution in [0.2, 0.25) is 0 Å². The average Bonchev–Trinajstić information content (AvgIpc) is 2.59. The molecule has 1 N–H and O–H groups in total. The molecule has 0 unspecified atom stereocenters. The fraction of sp³-hybridized carbons (Fsp3) is 0.333. The highest BCUT2D eigenvalue weighted by molar-refractivity contribution is 5.42. The number of aromatic nitrogens is 2. The van der Waals surface area contributed by atoms with Gasteiger partial charge in [-0.1, -0.05) is 5.16 Å². The molecule has 4 nitrogen and oxygen atoms in total. The van der Waals surface area contributed by atoms with Crippen LogP contribution >= 0.6 is 0 Å². The van der Waals surface area contributed by atoms with Gasteiger partial charge < -0.3 is 9.84 Å². The fourth-order valence-corrected chi connectivity index (χ4v) is 1.52. The molecule has 0 fully saturated rings. The molecule has 0 bridgehead atoms. The number of hydrogen-bond acceptors (Lipinski definition) is 4. The Morgan fingerprint density at radius 2 is 2.06 bits per heavy atom. The minimum absolute atomic E-state index is 0.714. The van der Waals surface area contributed by atoms with E-state index in [1.165, 1.54) is 0 Å². The topological polar surface area (TPSA) is 51.0 Å². The molecule has 2 rings (SSSR count). The number of hydrogen-bond donors (Lipinski definition) is 1. The summed E-state index contributed by atoms with van der Waals surface area (Å²) in [6, 6.07) is 4.00. The van der Waals surface area contributed by atoms with E-state index in [4.69, 9.17) is 4.52 Å². The molecule has 0 spiro atoms. The van der Waals surface area contributed by atoms with E-state index < -0.39 is 0 Å². The molecular weight excluding hydrogens is 202 g/mol. The van der Waals surface area contributed by atoms with Gasteiger partial charge in [0.1, 0.15) is 5.76 Å². The highest BCUT2D eigenvalue weighted by Gasteiger charge is 2.07. The lowest BCUT2D eigenvalue weighted by Gasteiger charge is -2.05. The molecule has 2 heterocycles. The molecule has 2 aromatic rings. The van der Waals surface area contributed by atoms with Gasteiger partial charge in [-0.3, -0.25) is 4.98 Å². The number of pyridine rings is 1. The molecule has 2 aromatic heterocycles. The van der Waals surface area contributed by atoms with E-state index in [1.807, 2.05) is 39.1 Å². The van der Waals surface area contributed by atoms with E-state index in [2.05, 4.69) is 15.5 Å². The van der Waals surface area contributed by atoms with Crippen LogP contribution in [0.4, 0.5) is 5.69 Å². The predicted octanol–water partition coefficient (Wildman–Crippen LogP) is 2.61. The standard InChI is InChI=1S/C12H15N3O/c1-8-4-5-11(6-13-8)14-7-12-9(2)15-16-10(12)3/h4-6,14H,7H2,1-3H3. The Kier molecular flexibility index (Phi) is 2.90. The summed E-state index contributed by atoms with van der Waals surface area (Å²) < 4.78 is 5.10. The highest BCUT2D eigenvalue weighted by atomic mass is 16.5. The number of nitrogens with one attached hydrogen (secondary N) is 1. The molecule has 84 valence electrons. The Bertz CT molecular complexity index is 454. The summed E-state index contributed by atoms with van der Waals surface area (Å²) in [6.07, 6.45) is 1.83. The molecule has 0 atom stereocenters. The van der Waals surface area contributed by atoms with Crippen LogP contribution in [0.15, 0.2) is 22.9 Å². The maximum atomic E-state index is 5.10. The van der Waals surface area contributed by atoms with Gasteiger partial charge in [-0.25, -0.2) is 0 Å². The largest absolute Gasteiger partial charge is 0.380 e. The number of anilines is 1.